The van der Waals surface area contributed by atoms with E-state index >= 15 is 9.59 Å². The number of fused-ring (bicyclic) bond motifs is 5. The third-order valence-electron chi connectivity index (χ3n) is 18.4. The topological polar surface area (TPSA) is 189 Å². The Morgan fingerprint density at radius 1 is 0.638 bits per heavy atom. The monoisotopic (exact) mass is 979 g/mol. The summed E-state index contributed by atoms with van der Waals surface area (Å²) in [4.78, 5) is 85.0. The minimum Gasteiger partial charge on any atom is -0.465 e. The molecule has 10 aliphatic carbocycles. The second-order valence-corrected chi connectivity index (χ2v) is 24.6. The first-order valence-electron chi connectivity index (χ1n) is 23.4. The normalized spacial score (nSPS) is 43.6. The lowest BCUT2D eigenvalue weighted by molar-refractivity contribution is -0.255. The summed E-state index contributed by atoms with van der Waals surface area (Å²) in [6.07, 6.45) is 6.82. The molecule has 0 radical (unpaired) electrons. The number of esters is 6. The molecule has 16 atom stereocenters. The van der Waals surface area contributed by atoms with Gasteiger partial charge in [0.25, 0.3) is 0 Å². The van der Waals surface area contributed by atoms with Crippen molar-refractivity contribution in [1.29, 1.82) is 0 Å². The highest BCUT2D eigenvalue weighted by Gasteiger charge is 2.70. The van der Waals surface area contributed by atoms with Crippen LogP contribution in [-0.4, -0.2) is 80.6 Å². The Hall–Kier alpha value is -3.06. The quantitative estimate of drug-likeness (QED) is 0.120. The van der Waals surface area contributed by atoms with Crippen LogP contribution in [0.3, 0.4) is 0 Å². The molecule has 13 heteroatoms. The van der Waals surface area contributed by atoms with Crippen LogP contribution in [0, 0.1) is 81.3 Å². The van der Waals surface area contributed by atoms with Crippen LogP contribution in [0.2, 0.25) is 0 Å². The van der Waals surface area contributed by atoms with Crippen molar-refractivity contribution in [3.8, 4) is 0 Å². The fourth-order valence-electron chi connectivity index (χ4n) is 17.3. The fourth-order valence-corrected chi connectivity index (χ4v) is 17.3. The van der Waals surface area contributed by atoms with Crippen LogP contribution in [-0.2, 0) is 52.5 Å². The molecular weight excluding hydrogens is 881 g/mol. The van der Waals surface area contributed by atoms with Crippen LogP contribution >= 0.6 is 0 Å². The van der Waals surface area contributed by atoms with E-state index in [0.717, 1.165) is 12.8 Å². The average Bonchev–Trinajstić information content (AvgIpc) is 3.82. The molecule has 2 aliphatic heterocycles. The SMILES string of the molecule is C.C.C.C.C.C.C.C.CC1C(=O)OC(=O)C1C(C)(CC(C)(CC1C(C)C2CC1C1COC(=O)C21)C(=O)OC12CC3CC(O)(C1)CC(C(=O)OC(C)(C)C)(C3)C2)C(=O)OC12CC3CC(CC(O)(C3)C1)C2. The highest BCUT2D eigenvalue weighted by Crippen LogP contribution is 2.67. The molecule has 12 aliphatic rings. The summed E-state index contributed by atoms with van der Waals surface area (Å²) in [5.74, 6) is -5.33. The molecule has 2 saturated heterocycles. The van der Waals surface area contributed by atoms with E-state index in [1.807, 2.05) is 20.8 Å². The second kappa shape index (κ2) is 19.4. The van der Waals surface area contributed by atoms with Crippen molar-refractivity contribution in [2.75, 3.05) is 6.61 Å². The Morgan fingerprint density at radius 3 is 1.75 bits per heavy atom. The van der Waals surface area contributed by atoms with Crippen LogP contribution < -0.4 is 0 Å². The van der Waals surface area contributed by atoms with Gasteiger partial charge in [-0.1, -0.05) is 73.3 Å². The summed E-state index contributed by atoms with van der Waals surface area (Å²) in [6.45, 7) is 12.9. The Balaban J connectivity index is 0.00000204. The summed E-state index contributed by atoms with van der Waals surface area (Å²) in [7, 11) is 0. The molecule has 10 saturated carbocycles. The van der Waals surface area contributed by atoms with Gasteiger partial charge in [0.15, 0.2) is 0 Å². The predicted molar refractivity (Wildman–Crippen MR) is 267 cm³/mol. The van der Waals surface area contributed by atoms with Gasteiger partial charge in [-0.2, -0.15) is 0 Å². The molecule has 0 spiro atoms. The molecule has 0 aromatic rings. The Morgan fingerprint density at radius 2 is 1.20 bits per heavy atom. The zero-order valence-electron chi connectivity index (χ0n) is 37.0. The summed E-state index contributed by atoms with van der Waals surface area (Å²) < 4.78 is 30.3. The Kier molecular flexibility index (Phi) is 17.5. The fraction of sp³-hybridized carbons (Fsp3) is 0.893. The number of aliphatic hydroxyl groups is 2. The molecule has 12 rings (SSSR count). The molecule has 13 nitrogen and oxygen atoms in total. The zero-order chi connectivity index (χ0) is 43.7. The first-order chi connectivity index (χ1) is 28.3. The molecule has 0 aromatic heterocycles. The molecule has 0 amide bonds. The maximum Gasteiger partial charge on any atom is 0.318 e. The van der Waals surface area contributed by atoms with Crippen molar-refractivity contribution in [3.05, 3.63) is 0 Å². The van der Waals surface area contributed by atoms with Crippen LogP contribution in [0.5, 0.6) is 0 Å². The van der Waals surface area contributed by atoms with Gasteiger partial charge in [0, 0.05) is 25.2 Å². The summed E-state index contributed by atoms with van der Waals surface area (Å²) in [5.41, 5.74) is -9.27. The van der Waals surface area contributed by atoms with Crippen molar-refractivity contribution in [2.45, 2.75) is 232 Å². The van der Waals surface area contributed by atoms with E-state index < -0.39 is 85.9 Å². The molecule has 2 N–H and O–H groups in total. The van der Waals surface area contributed by atoms with E-state index in [1.54, 1.807) is 20.8 Å². The van der Waals surface area contributed by atoms with Crippen molar-refractivity contribution in [1.82, 2.24) is 0 Å². The van der Waals surface area contributed by atoms with E-state index in [-0.39, 0.29) is 151 Å². The lowest BCUT2D eigenvalue weighted by atomic mass is 9.46. The third-order valence-corrected chi connectivity index (χ3v) is 18.4. The third kappa shape index (κ3) is 9.69. The summed E-state index contributed by atoms with van der Waals surface area (Å²) in [5, 5.41) is 23.7. The summed E-state index contributed by atoms with van der Waals surface area (Å²) in [6, 6.07) is 0. The highest BCUT2D eigenvalue weighted by molar-refractivity contribution is 6.00. The minimum absolute atomic E-state index is 0. The number of hydrogen-bond acceptors (Lipinski definition) is 13. The smallest absolute Gasteiger partial charge is 0.318 e. The van der Waals surface area contributed by atoms with E-state index in [4.69, 9.17) is 23.7 Å². The molecule has 69 heavy (non-hydrogen) atoms. The largest absolute Gasteiger partial charge is 0.465 e. The van der Waals surface area contributed by atoms with Gasteiger partial charge in [0.2, 0.25) is 0 Å². The standard InChI is InChI=1S/C48H66O13.8CH4/c1-24-29-9-30(32-18-57-36(50)33(29)32)31(24)17-42(6,38(52)60-48-16-28-10-44(21-48,20-46(56,13-28)23-48)40(54)59-41(3,4)5)19-43(7,34-25(2)35(49)58-37(34)51)39(53)61-47-14-26-8-27(15-47)12-45(55,11-26)22-47;;;;;;;;/h24-34,55-56H,8-23H2,1-7H3;8*1H4. The van der Waals surface area contributed by atoms with E-state index in [9.17, 15) is 29.4 Å². The van der Waals surface area contributed by atoms with E-state index in [1.165, 1.54) is 0 Å². The number of carbonyl (C=O) groups is 6. The van der Waals surface area contributed by atoms with Gasteiger partial charge in [-0.15, -0.1) is 0 Å². The van der Waals surface area contributed by atoms with Gasteiger partial charge in [0.1, 0.15) is 16.8 Å². The van der Waals surface area contributed by atoms with Crippen molar-refractivity contribution < 1.29 is 62.7 Å². The zero-order valence-corrected chi connectivity index (χ0v) is 37.0. The lowest BCUT2D eigenvalue weighted by Crippen LogP contribution is -2.67. The van der Waals surface area contributed by atoms with Gasteiger partial charge < -0.3 is 33.9 Å². The van der Waals surface area contributed by atoms with Crippen LogP contribution in [0.4, 0.5) is 0 Å². The highest BCUT2D eigenvalue weighted by atomic mass is 16.6. The second-order valence-electron chi connectivity index (χ2n) is 24.6. The molecular formula is C56H98O13. The molecule has 10 bridgehead atoms. The Bertz CT molecular complexity index is 1960. The van der Waals surface area contributed by atoms with Gasteiger partial charge in [-0.05, 0) is 153 Å². The maximum atomic E-state index is 15.7. The van der Waals surface area contributed by atoms with E-state index in [0.29, 0.717) is 58.0 Å². The molecule has 0 aromatic carbocycles. The van der Waals surface area contributed by atoms with Gasteiger partial charge in [0.05, 0.1) is 51.8 Å². The van der Waals surface area contributed by atoms with E-state index in [2.05, 4.69) is 6.92 Å². The number of hydrogen-bond donors (Lipinski definition) is 2. The van der Waals surface area contributed by atoms with Crippen LogP contribution in [0.1, 0.15) is 204 Å². The van der Waals surface area contributed by atoms with Crippen LogP contribution in [0.15, 0.2) is 0 Å². The van der Waals surface area contributed by atoms with Gasteiger partial charge in [-0.3, -0.25) is 28.8 Å². The molecule has 12 fully saturated rings. The van der Waals surface area contributed by atoms with Crippen molar-refractivity contribution in [2.24, 2.45) is 81.3 Å². The average molecular weight is 979 g/mol. The predicted octanol–water partition coefficient (Wildman–Crippen LogP) is 10.9. The molecule has 2 heterocycles. The van der Waals surface area contributed by atoms with Gasteiger partial charge >= 0.3 is 35.8 Å². The molecule has 16 unspecified atom stereocenters. The van der Waals surface area contributed by atoms with Crippen LogP contribution in [0.25, 0.3) is 0 Å². The lowest BCUT2D eigenvalue weighted by Gasteiger charge is -2.63. The summed E-state index contributed by atoms with van der Waals surface area (Å²) >= 11 is 0. The van der Waals surface area contributed by atoms with Gasteiger partial charge in [-0.25, -0.2) is 0 Å². The van der Waals surface area contributed by atoms with Crippen molar-refractivity contribution in [3.63, 3.8) is 0 Å². The first kappa shape index (κ1) is 62.1. The Labute approximate surface area is 417 Å². The minimum atomic E-state index is -1.74. The number of rotatable bonds is 10. The number of cyclic esters (lactones) is 3. The first-order valence-corrected chi connectivity index (χ1v) is 23.4. The number of ether oxygens (including phenoxy) is 5. The number of carbonyl (C=O) groups excluding carboxylic acids is 6. The van der Waals surface area contributed by atoms with Crippen molar-refractivity contribution >= 4 is 35.8 Å². The maximum absolute atomic E-state index is 15.7. The molecule has 400 valence electrons.